The summed E-state index contributed by atoms with van der Waals surface area (Å²) < 4.78 is 29.7. The Morgan fingerprint density at radius 1 is 1.16 bits per heavy atom. The Kier molecular flexibility index (Phi) is 5.75. The zero-order valence-electron chi connectivity index (χ0n) is 18.0. The number of carbonyl (C=O) groups is 2. The fourth-order valence-electron chi connectivity index (χ4n) is 4.86. The van der Waals surface area contributed by atoms with E-state index in [0.29, 0.717) is 12.1 Å². The van der Waals surface area contributed by atoms with E-state index in [4.69, 9.17) is 0 Å². The first kappa shape index (κ1) is 22.0. The van der Waals surface area contributed by atoms with Gasteiger partial charge in [-0.1, -0.05) is 12.8 Å². The van der Waals surface area contributed by atoms with Crippen molar-refractivity contribution in [2.75, 3.05) is 6.54 Å². The first-order valence-electron chi connectivity index (χ1n) is 10.8. The van der Waals surface area contributed by atoms with E-state index >= 15 is 0 Å². The van der Waals surface area contributed by atoms with E-state index in [0.717, 1.165) is 37.8 Å². The Morgan fingerprint density at radius 3 is 2.41 bits per heavy atom. The third-order valence-electron chi connectivity index (χ3n) is 6.42. The van der Waals surface area contributed by atoms with Gasteiger partial charge in [0.2, 0.25) is 5.43 Å². The molecule has 0 radical (unpaired) electrons. The van der Waals surface area contributed by atoms with Crippen LogP contribution in [0.1, 0.15) is 70.6 Å². The largest absolute Gasteiger partial charge is 0.503 e. The lowest BCUT2D eigenvalue weighted by atomic mass is 9.86. The van der Waals surface area contributed by atoms with Crippen LogP contribution in [0.3, 0.4) is 0 Å². The van der Waals surface area contributed by atoms with E-state index in [1.165, 1.54) is 10.8 Å². The van der Waals surface area contributed by atoms with Crippen LogP contribution in [0.25, 0.3) is 0 Å². The molecule has 9 heteroatoms. The number of pyridine rings is 1. The number of halogens is 2. The second-order valence-electron chi connectivity index (χ2n) is 8.38. The number of benzene rings is 1. The molecule has 0 saturated heterocycles. The molecule has 2 heterocycles. The third kappa shape index (κ3) is 3.55. The van der Waals surface area contributed by atoms with E-state index in [1.54, 1.807) is 11.8 Å². The minimum atomic E-state index is -0.989. The lowest BCUT2D eigenvalue weighted by Crippen LogP contribution is -2.52. The number of rotatable bonds is 4. The topological polar surface area (TPSA) is 91.6 Å². The van der Waals surface area contributed by atoms with Gasteiger partial charge < -0.3 is 19.9 Å². The number of aromatic nitrogens is 1. The number of amides is 2. The number of hydrogen-bond acceptors (Lipinski definition) is 4. The van der Waals surface area contributed by atoms with Crippen molar-refractivity contribution in [3.8, 4) is 5.75 Å². The molecule has 2 aliphatic rings. The van der Waals surface area contributed by atoms with Gasteiger partial charge in [0.1, 0.15) is 17.2 Å². The summed E-state index contributed by atoms with van der Waals surface area (Å²) in [4.78, 5) is 40.1. The van der Waals surface area contributed by atoms with Crippen LogP contribution in [0.5, 0.6) is 5.75 Å². The molecule has 2 amide bonds. The number of likely N-dealkylation sites (N-methyl/N-ethyl adjacent to an activating group) is 1. The Labute approximate surface area is 183 Å². The number of hydrogen-bond donors (Lipinski definition) is 2. The second-order valence-corrected chi connectivity index (χ2v) is 8.38. The number of carbonyl (C=O) groups excluding carboxylic acids is 2. The molecule has 32 heavy (non-hydrogen) atoms. The van der Waals surface area contributed by atoms with Crippen molar-refractivity contribution in [3.63, 3.8) is 0 Å². The maximum absolute atomic E-state index is 14.1. The first-order valence-corrected chi connectivity index (χ1v) is 10.8. The van der Waals surface area contributed by atoms with Gasteiger partial charge in [-0.25, -0.2) is 8.78 Å². The number of fused-ring (bicyclic) bond motifs is 3. The fourth-order valence-corrected chi connectivity index (χ4v) is 4.86. The van der Waals surface area contributed by atoms with Gasteiger partial charge in [-0.2, -0.15) is 0 Å². The number of aromatic hydroxyl groups is 1. The van der Waals surface area contributed by atoms with Gasteiger partial charge in [0.25, 0.3) is 11.8 Å². The lowest BCUT2D eigenvalue weighted by Gasteiger charge is -2.45. The Hall–Kier alpha value is -3.23. The van der Waals surface area contributed by atoms with Crippen molar-refractivity contribution in [1.82, 2.24) is 14.8 Å². The maximum Gasteiger partial charge on any atom is 0.274 e. The Bertz CT molecular complexity index is 1140. The van der Waals surface area contributed by atoms with Crippen molar-refractivity contribution in [2.45, 2.75) is 58.2 Å². The highest BCUT2D eigenvalue weighted by Crippen LogP contribution is 2.39. The quantitative estimate of drug-likeness (QED) is 0.757. The smallest absolute Gasteiger partial charge is 0.274 e. The summed E-state index contributed by atoms with van der Waals surface area (Å²) in [5.41, 5.74) is -1.40. The average Bonchev–Trinajstić information content (AvgIpc) is 2.75. The van der Waals surface area contributed by atoms with Crippen LogP contribution >= 0.6 is 0 Å². The maximum atomic E-state index is 14.1. The second kappa shape index (κ2) is 8.37. The molecule has 2 atom stereocenters. The van der Waals surface area contributed by atoms with E-state index in [-0.39, 0.29) is 28.9 Å². The van der Waals surface area contributed by atoms with E-state index in [9.17, 15) is 28.3 Å². The fraction of sp³-hybridized carbons (Fsp3) is 0.435. The molecule has 7 nitrogen and oxygen atoms in total. The first-order chi connectivity index (χ1) is 15.2. The van der Waals surface area contributed by atoms with Crippen molar-refractivity contribution in [3.05, 3.63) is 62.6 Å². The number of aryl methyl sites for hydroxylation is 1. The molecular weight excluding hydrogens is 420 g/mol. The van der Waals surface area contributed by atoms with Crippen molar-refractivity contribution in [2.24, 2.45) is 0 Å². The molecule has 0 bridgehead atoms. The van der Waals surface area contributed by atoms with E-state index in [1.807, 2.05) is 6.92 Å². The van der Waals surface area contributed by atoms with Gasteiger partial charge in [0.05, 0.1) is 12.1 Å². The zero-order chi connectivity index (χ0) is 23.2. The molecule has 4 rings (SSSR count). The van der Waals surface area contributed by atoms with Crippen molar-refractivity contribution in [1.29, 1.82) is 0 Å². The Morgan fingerprint density at radius 2 is 1.78 bits per heavy atom. The minimum Gasteiger partial charge on any atom is -0.503 e. The highest BCUT2D eigenvalue weighted by atomic mass is 19.1. The van der Waals surface area contributed by atoms with Gasteiger partial charge in [-0.05, 0) is 44.4 Å². The minimum absolute atomic E-state index is 0.0812. The molecule has 1 aliphatic heterocycles. The molecule has 1 saturated carbocycles. The van der Waals surface area contributed by atoms with Crippen LogP contribution in [0, 0.1) is 18.6 Å². The van der Waals surface area contributed by atoms with Crippen LogP contribution in [0.4, 0.5) is 8.78 Å². The molecule has 0 spiro atoms. The normalized spacial score (nSPS) is 20.0. The van der Waals surface area contributed by atoms with Gasteiger partial charge in [0.15, 0.2) is 11.4 Å². The zero-order valence-corrected chi connectivity index (χ0v) is 18.0. The summed E-state index contributed by atoms with van der Waals surface area (Å²) >= 11 is 0. The van der Waals surface area contributed by atoms with Gasteiger partial charge in [-0.15, -0.1) is 0 Å². The molecule has 170 valence electrons. The van der Waals surface area contributed by atoms with Crippen LogP contribution in [0.2, 0.25) is 0 Å². The highest BCUT2D eigenvalue weighted by Gasteiger charge is 2.42. The molecule has 1 aromatic heterocycles. The van der Waals surface area contributed by atoms with Gasteiger partial charge in [0, 0.05) is 24.8 Å². The van der Waals surface area contributed by atoms with Crippen LogP contribution in [0.15, 0.2) is 23.1 Å². The molecule has 0 unspecified atom stereocenters. The van der Waals surface area contributed by atoms with Gasteiger partial charge in [-0.3, -0.25) is 14.4 Å². The van der Waals surface area contributed by atoms with E-state index < -0.39 is 41.2 Å². The Balaban J connectivity index is 1.70. The predicted molar refractivity (Wildman–Crippen MR) is 113 cm³/mol. The van der Waals surface area contributed by atoms with Gasteiger partial charge >= 0.3 is 0 Å². The molecule has 1 fully saturated rings. The summed E-state index contributed by atoms with van der Waals surface area (Å²) in [6, 6.07) is 2.06. The number of nitrogens with zero attached hydrogens (tertiary/aromatic N) is 2. The van der Waals surface area contributed by atoms with Crippen LogP contribution < -0.4 is 10.7 Å². The third-order valence-corrected chi connectivity index (χ3v) is 6.42. The lowest BCUT2D eigenvalue weighted by molar-refractivity contribution is 0.0442. The molecule has 1 aromatic carbocycles. The SMILES string of the molecule is CCN1C(=O)c2c(O)c(=O)c(C(=O)NCc3c(F)cc(C)cc3F)cn2[C@@H]2CCCC[C@@H]21. The molecule has 1 aliphatic carbocycles. The van der Waals surface area contributed by atoms with Crippen molar-refractivity contribution >= 4 is 11.8 Å². The summed E-state index contributed by atoms with van der Waals surface area (Å²) in [5, 5.41) is 12.9. The van der Waals surface area contributed by atoms with E-state index in [2.05, 4.69) is 5.32 Å². The molecular formula is C23H25F2N3O4. The summed E-state index contributed by atoms with van der Waals surface area (Å²) in [6.07, 6.45) is 4.72. The molecule has 2 aromatic rings. The van der Waals surface area contributed by atoms with Crippen molar-refractivity contribution < 1.29 is 23.5 Å². The summed E-state index contributed by atoms with van der Waals surface area (Å²) in [7, 11) is 0. The predicted octanol–water partition coefficient (Wildman–Crippen LogP) is 3.03. The number of nitrogens with one attached hydrogen (secondary N) is 1. The van der Waals surface area contributed by atoms with Crippen LogP contribution in [-0.2, 0) is 6.54 Å². The summed E-state index contributed by atoms with van der Waals surface area (Å²) in [5.74, 6) is -3.71. The van der Waals surface area contributed by atoms with Crippen LogP contribution in [-0.4, -0.2) is 39.0 Å². The average molecular weight is 445 g/mol. The summed E-state index contributed by atoms with van der Waals surface area (Å²) in [6.45, 7) is 3.38. The standard InChI is InChI=1S/C23H25F2N3O4/c1-3-27-17-6-4-5-7-18(17)28-11-14(20(29)21(30)19(28)23(27)32)22(31)26-10-13-15(24)8-12(2)9-16(13)25/h8-9,11,17-18,30H,3-7,10H2,1-2H3,(H,26,31)/t17-,18+/m0/s1. The highest BCUT2D eigenvalue weighted by molar-refractivity contribution is 5.99. The monoisotopic (exact) mass is 445 g/mol. The molecule has 2 N–H and O–H groups in total.